The molecule has 2 heterocycles. The summed E-state index contributed by atoms with van der Waals surface area (Å²) in [6.07, 6.45) is 1.70. The molecule has 1 saturated heterocycles. The van der Waals surface area contributed by atoms with Crippen LogP contribution in [0.1, 0.15) is 62.0 Å². The molecule has 0 amide bonds. The summed E-state index contributed by atoms with van der Waals surface area (Å²) in [5.74, 6) is 0.0235. The van der Waals surface area contributed by atoms with Gasteiger partial charge in [-0.05, 0) is 36.1 Å². The molecule has 1 aliphatic rings. The van der Waals surface area contributed by atoms with Crippen molar-refractivity contribution in [2.45, 2.75) is 55.2 Å². The van der Waals surface area contributed by atoms with E-state index in [0.717, 1.165) is 21.9 Å². The maximum atomic E-state index is 13.0. The van der Waals surface area contributed by atoms with E-state index in [2.05, 4.69) is 16.6 Å². The number of ether oxygens (including phenoxy) is 2. The summed E-state index contributed by atoms with van der Waals surface area (Å²) < 4.78 is 12.6. The second kappa shape index (κ2) is 9.22. The van der Waals surface area contributed by atoms with Crippen LogP contribution in [0.2, 0.25) is 0 Å². The number of benzene rings is 1. The first-order valence-corrected chi connectivity index (χ1v) is 11.7. The molecule has 5 nitrogen and oxygen atoms in total. The standard InChI is InChI=1S/C23H29NO4S2/c1-15(24-26)18-7-6-17(13-19(18)21(25)22(2,3)4)30-20-12-16(14-29-20)23(27-5)8-10-28-11-9-23/h6-7,12-14,26H,8-11H2,1-5H3/b24-15+. The van der Waals surface area contributed by atoms with Crippen LogP contribution >= 0.6 is 23.1 Å². The van der Waals surface area contributed by atoms with E-state index in [-0.39, 0.29) is 11.4 Å². The second-order valence-corrected chi connectivity index (χ2v) is 10.8. The van der Waals surface area contributed by atoms with Gasteiger partial charge in [-0.1, -0.05) is 43.8 Å². The highest BCUT2D eigenvalue weighted by atomic mass is 32.2. The fraction of sp³-hybridized carbons (Fsp3) is 0.478. The Balaban J connectivity index is 1.91. The minimum atomic E-state index is -0.530. The molecule has 2 aromatic rings. The van der Waals surface area contributed by atoms with Crippen molar-refractivity contribution in [1.82, 2.24) is 0 Å². The largest absolute Gasteiger partial charge is 0.411 e. The summed E-state index contributed by atoms with van der Waals surface area (Å²) in [6, 6.07) is 7.92. The van der Waals surface area contributed by atoms with Gasteiger partial charge in [0.15, 0.2) is 5.78 Å². The lowest BCUT2D eigenvalue weighted by Gasteiger charge is -2.35. The van der Waals surface area contributed by atoms with Gasteiger partial charge < -0.3 is 14.7 Å². The van der Waals surface area contributed by atoms with Crippen LogP contribution < -0.4 is 0 Å². The minimum absolute atomic E-state index is 0.0235. The van der Waals surface area contributed by atoms with Gasteiger partial charge in [0.1, 0.15) is 0 Å². The van der Waals surface area contributed by atoms with Crippen LogP contribution in [-0.4, -0.2) is 37.0 Å². The van der Waals surface area contributed by atoms with E-state index >= 15 is 0 Å². The Bertz CT molecular complexity index is 937. The zero-order chi connectivity index (χ0) is 21.9. The topological polar surface area (TPSA) is 68.1 Å². The van der Waals surface area contributed by atoms with Crippen molar-refractivity contribution in [2.75, 3.05) is 20.3 Å². The SMILES string of the molecule is COC1(c2csc(Sc3ccc(/C(C)=N/O)c(C(=O)C(C)(C)C)c3)c2)CCOCC1. The van der Waals surface area contributed by atoms with Crippen molar-refractivity contribution < 1.29 is 19.5 Å². The lowest BCUT2D eigenvalue weighted by molar-refractivity contribution is -0.0946. The highest BCUT2D eigenvalue weighted by Crippen LogP contribution is 2.42. The number of carbonyl (C=O) groups is 1. The third-order valence-corrected chi connectivity index (χ3v) is 7.54. The molecule has 1 aromatic carbocycles. The Morgan fingerprint density at radius 1 is 1.23 bits per heavy atom. The molecule has 0 bridgehead atoms. The Morgan fingerprint density at radius 3 is 2.53 bits per heavy atom. The van der Waals surface area contributed by atoms with Crippen LogP contribution in [0.15, 0.2) is 43.9 Å². The lowest BCUT2D eigenvalue weighted by Crippen LogP contribution is -2.35. The van der Waals surface area contributed by atoms with Crippen LogP contribution in [0.5, 0.6) is 0 Å². The first kappa shape index (κ1) is 23.0. The molecule has 0 atom stereocenters. The van der Waals surface area contributed by atoms with E-state index in [9.17, 15) is 10.0 Å². The van der Waals surface area contributed by atoms with Gasteiger partial charge in [0.2, 0.25) is 0 Å². The fourth-order valence-electron chi connectivity index (χ4n) is 3.59. The van der Waals surface area contributed by atoms with Gasteiger partial charge in [0.25, 0.3) is 0 Å². The number of nitrogens with zero attached hydrogens (tertiary/aromatic N) is 1. The zero-order valence-corrected chi connectivity index (χ0v) is 19.8. The van der Waals surface area contributed by atoms with Crippen LogP contribution in [0.25, 0.3) is 0 Å². The molecule has 30 heavy (non-hydrogen) atoms. The van der Waals surface area contributed by atoms with E-state index < -0.39 is 5.41 Å². The maximum Gasteiger partial charge on any atom is 0.168 e. The van der Waals surface area contributed by atoms with Crippen LogP contribution in [0.4, 0.5) is 0 Å². The molecule has 1 aromatic heterocycles. The van der Waals surface area contributed by atoms with Crippen molar-refractivity contribution in [1.29, 1.82) is 0 Å². The Hall–Kier alpha value is -1.67. The molecule has 3 rings (SSSR count). The smallest absolute Gasteiger partial charge is 0.168 e. The summed E-state index contributed by atoms with van der Waals surface area (Å²) in [5.41, 5.74) is 2.05. The first-order valence-electron chi connectivity index (χ1n) is 9.98. The average Bonchev–Trinajstić information content (AvgIpc) is 3.21. The van der Waals surface area contributed by atoms with Crippen LogP contribution in [0, 0.1) is 5.41 Å². The van der Waals surface area contributed by atoms with Gasteiger partial charge in [-0.25, -0.2) is 0 Å². The molecule has 0 saturated carbocycles. The van der Waals surface area contributed by atoms with Crippen molar-refractivity contribution in [3.63, 3.8) is 0 Å². The van der Waals surface area contributed by atoms with E-state index in [0.29, 0.717) is 30.1 Å². The minimum Gasteiger partial charge on any atom is -0.411 e. The summed E-state index contributed by atoms with van der Waals surface area (Å²) in [5, 5.41) is 14.7. The molecule has 0 radical (unpaired) electrons. The molecule has 0 aliphatic carbocycles. The number of carbonyl (C=O) groups excluding carboxylic acids is 1. The van der Waals surface area contributed by atoms with Gasteiger partial charge in [-0.2, -0.15) is 0 Å². The number of hydrogen-bond acceptors (Lipinski definition) is 7. The predicted octanol–water partition coefficient (Wildman–Crippen LogP) is 5.98. The van der Waals surface area contributed by atoms with Crippen molar-refractivity contribution in [3.05, 3.63) is 46.3 Å². The van der Waals surface area contributed by atoms with Crippen molar-refractivity contribution in [2.24, 2.45) is 10.6 Å². The van der Waals surface area contributed by atoms with E-state index in [1.54, 1.807) is 37.1 Å². The number of ketones is 1. The Kier molecular flexibility index (Phi) is 7.07. The normalized spacial score (nSPS) is 17.2. The van der Waals surface area contributed by atoms with Gasteiger partial charge in [0, 0.05) is 54.6 Å². The summed E-state index contributed by atoms with van der Waals surface area (Å²) in [7, 11) is 1.77. The van der Waals surface area contributed by atoms with Gasteiger partial charge >= 0.3 is 0 Å². The number of Topliss-reactive ketones (excluding diaryl/α,β-unsaturated/α-hetero) is 1. The number of methoxy groups -OCH3 is 1. The highest BCUT2D eigenvalue weighted by Gasteiger charge is 2.35. The first-order chi connectivity index (χ1) is 14.2. The summed E-state index contributed by atoms with van der Waals surface area (Å²) >= 11 is 3.31. The quantitative estimate of drug-likeness (QED) is 0.255. The Morgan fingerprint density at radius 2 is 1.93 bits per heavy atom. The third-order valence-electron chi connectivity index (χ3n) is 5.47. The van der Waals surface area contributed by atoms with Gasteiger partial charge in [-0.3, -0.25) is 4.79 Å². The third kappa shape index (κ3) is 4.80. The van der Waals surface area contributed by atoms with Gasteiger partial charge in [0.05, 0.1) is 15.5 Å². The van der Waals surface area contributed by atoms with Crippen LogP contribution in [0.3, 0.4) is 0 Å². The molecule has 1 aliphatic heterocycles. The monoisotopic (exact) mass is 447 g/mol. The average molecular weight is 448 g/mol. The summed E-state index contributed by atoms with van der Waals surface area (Å²) in [6.45, 7) is 8.80. The number of hydrogen-bond donors (Lipinski definition) is 1. The van der Waals surface area contributed by atoms with E-state index in [1.165, 1.54) is 5.56 Å². The summed E-state index contributed by atoms with van der Waals surface area (Å²) in [4.78, 5) is 14.0. The number of thiophene rings is 1. The van der Waals surface area contributed by atoms with Crippen molar-refractivity contribution >= 4 is 34.6 Å². The molecule has 1 N–H and O–H groups in total. The van der Waals surface area contributed by atoms with E-state index in [1.807, 2.05) is 39.0 Å². The number of oxime groups is 1. The lowest BCUT2D eigenvalue weighted by atomic mass is 9.84. The fourth-order valence-corrected chi connectivity index (χ4v) is 5.66. The maximum absolute atomic E-state index is 13.0. The highest BCUT2D eigenvalue weighted by molar-refractivity contribution is 8.01. The molecule has 0 unspecified atom stereocenters. The second-order valence-electron chi connectivity index (χ2n) is 8.54. The molecular weight excluding hydrogens is 418 g/mol. The van der Waals surface area contributed by atoms with E-state index in [4.69, 9.17) is 9.47 Å². The molecular formula is C23H29NO4S2. The van der Waals surface area contributed by atoms with Crippen molar-refractivity contribution in [3.8, 4) is 0 Å². The molecule has 1 fully saturated rings. The molecule has 0 spiro atoms. The Labute approximate surface area is 186 Å². The molecule has 7 heteroatoms. The molecule has 162 valence electrons. The number of rotatable bonds is 6. The zero-order valence-electron chi connectivity index (χ0n) is 18.2. The predicted molar refractivity (Wildman–Crippen MR) is 121 cm³/mol. The van der Waals surface area contributed by atoms with Crippen LogP contribution in [-0.2, 0) is 15.1 Å². The van der Waals surface area contributed by atoms with Gasteiger partial charge in [-0.15, -0.1) is 11.3 Å².